The predicted molar refractivity (Wildman–Crippen MR) is 90.9 cm³/mol. The van der Waals surface area contributed by atoms with Crippen LogP contribution in [0, 0.1) is 6.92 Å². The number of hydrogen-bond donors (Lipinski definition) is 1. The molecule has 1 N–H and O–H groups in total. The first-order valence-corrected chi connectivity index (χ1v) is 9.25. The van der Waals surface area contributed by atoms with Crippen molar-refractivity contribution in [2.75, 3.05) is 18.6 Å². The highest BCUT2D eigenvalue weighted by Gasteiger charge is 2.29. The van der Waals surface area contributed by atoms with Crippen molar-refractivity contribution in [3.63, 3.8) is 0 Å². The zero-order valence-electron chi connectivity index (χ0n) is 11.8. The van der Waals surface area contributed by atoms with Crippen LogP contribution in [-0.4, -0.2) is 35.1 Å². The van der Waals surface area contributed by atoms with Gasteiger partial charge in [-0.1, -0.05) is 30.7 Å². The fraction of sp³-hybridized carbons (Fsp3) is 0.600. The van der Waals surface area contributed by atoms with E-state index in [1.807, 2.05) is 0 Å². The molecule has 3 unspecified atom stereocenters. The molecule has 0 amide bonds. The summed E-state index contributed by atoms with van der Waals surface area (Å²) in [6.45, 7) is 4.43. The summed E-state index contributed by atoms with van der Waals surface area (Å²) in [5.74, 6) is 2.55. The summed E-state index contributed by atoms with van der Waals surface area (Å²) in [4.78, 5) is 0. The van der Waals surface area contributed by atoms with Crippen molar-refractivity contribution < 1.29 is 0 Å². The standard InChI is InChI=1S/C15H22ClNS2/c1-10-4-5-12(13(16)8-10)9-14(17-3)15-11(2)18-6-7-19-15/h4-5,8,11,14-15,17H,6-7,9H2,1-3H3. The summed E-state index contributed by atoms with van der Waals surface area (Å²) >= 11 is 10.6. The molecule has 2 rings (SSSR count). The Balaban J connectivity index is 2.09. The Bertz CT molecular complexity index is 425. The average Bonchev–Trinajstić information content (AvgIpc) is 2.39. The van der Waals surface area contributed by atoms with Crippen molar-refractivity contribution >= 4 is 35.1 Å². The zero-order chi connectivity index (χ0) is 13.8. The molecular formula is C15H22ClNS2. The molecule has 3 atom stereocenters. The predicted octanol–water partition coefficient (Wildman–Crippen LogP) is 4.02. The number of rotatable bonds is 4. The maximum atomic E-state index is 6.37. The van der Waals surface area contributed by atoms with Crippen molar-refractivity contribution in [2.45, 2.75) is 36.8 Å². The number of hydrogen-bond acceptors (Lipinski definition) is 3. The lowest BCUT2D eigenvalue weighted by Gasteiger charge is -2.34. The van der Waals surface area contributed by atoms with Gasteiger partial charge < -0.3 is 5.32 Å². The van der Waals surface area contributed by atoms with Crippen molar-refractivity contribution in [1.29, 1.82) is 0 Å². The van der Waals surface area contributed by atoms with Crippen LogP contribution in [0.25, 0.3) is 0 Å². The van der Waals surface area contributed by atoms with Gasteiger partial charge >= 0.3 is 0 Å². The van der Waals surface area contributed by atoms with Gasteiger partial charge in [0.05, 0.1) is 0 Å². The molecule has 4 heteroatoms. The Morgan fingerprint density at radius 3 is 2.74 bits per heavy atom. The maximum absolute atomic E-state index is 6.37. The zero-order valence-corrected chi connectivity index (χ0v) is 14.2. The van der Waals surface area contributed by atoms with Gasteiger partial charge in [0.15, 0.2) is 0 Å². The van der Waals surface area contributed by atoms with Gasteiger partial charge in [-0.25, -0.2) is 0 Å². The molecule has 1 aliphatic rings. The van der Waals surface area contributed by atoms with Crippen LogP contribution in [0.5, 0.6) is 0 Å². The molecule has 1 aromatic carbocycles. The molecule has 0 saturated carbocycles. The van der Waals surface area contributed by atoms with Crippen molar-refractivity contribution in [2.24, 2.45) is 0 Å². The van der Waals surface area contributed by atoms with Crippen LogP contribution in [0.4, 0.5) is 0 Å². The number of likely N-dealkylation sites (N-methyl/N-ethyl adjacent to an activating group) is 1. The minimum atomic E-state index is 0.494. The smallest absolute Gasteiger partial charge is 0.0441 e. The Morgan fingerprint density at radius 1 is 1.37 bits per heavy atom. The summed E-state index contributed by atoms with van der Waals surface area (Å²) in [5.41, 5.74) is 2.49. The van der Waals surface area contributed by atoms with Crippen LogP contribution >= 0.6 is 35.1 Å². The van der Waals surface area contributed by atoms with Gasteiger partial charge in [-0.05, 0) is 37.6 Å². The van der Waals surface area contributed by atoms with Crippen molar-refractivity contribution in [3.8, 4) is 0 Å². The highest BCUT2D eigenvalue weighted by atomic mass is 35.5. The molecule has 19 heavy (non-hydrogen) atoms. The fourth-order valence-electron chi connectivity index (χ4n) is 2.53. The third kappa shape index (κ3) is 4.07. The molecular weight excluding hydrogens is 294 g/mol. The summed E-state index contributed by atoms with van der Waals surface area (Å²) in [5, 5.41) is 5.78. The molecule has 1 aromatic rings. The third-order valence-corrected chi connectivity index (χ3v) is 7.26. The first-order valence-electron chi connectivity index (χ1n) is 6.77. The molecule has 1 aliphatic heterocycles. The highest BCUT2D eigenvalue weighted by Crippen LogP contribution is 2.34. The molecule has 0 radical (unpaired) electrons. The molecule has 1 fully saturated rings. The van der Waals surface area contributed by atoms with Gasteiger partial charge in [-0.15, -0.1) is 0 Å². The molecule has 1 saturated heterocycles. The maximum Gasteiger partial charge on any atom is 0.0441 e. The lowest BCUT2D eigenvalue weighted by Crippen LogP contribution is -2.44. The fourth-order valence-corrected chi connectivity index (χ4v) is 5.84. The quantitative estimate of drug-likeness (QED) is 0.901. The third-order valence-electron chi connectivity index (χ3n) is 3.65. The van der Waals surface area contributed by atoms with E-state index in [-0.39, 0.29) is 0 Å². The van der Waals surface area contributed by atoms with E-state index in [1.165, 1.54) is 22.6 Å². The molecule has 106 valence electrons. The number of halogens is 1. The van der Waals surface area contributed by atoms with Gasteiger partial charge in [0.25, 0.3) is 0 Å². The van der Waals surface area contributed by atoms with Crippen LogP contribution in [-0.2, 0) is 6.42 Å². The number of aryl methyl sites for hydroxylation is 1. The van der Waals surface area contributed by atoms with Crippen molar-refractivity contribution in [3.05, 3.63) is 34.3 Å². The average molecular weight is 316 g/mol. The van der Waals surface area contributed by atoms with Gasteiger partial charge in [-0.2, -0.15) is 23.5 Å². The van der Waals surface area contributed by atoms with Crippen LogP contribution in [0.3, 0.4) is 0 Å². The monoisotopic (exact) mass is 315 g/mol. The Morgan fingerprint density at radius 2 is 2.11 bits per heavy atom. The first-order chi connectivity index (χ1) is 9.11. The van der Waals surface area contributed by atoms with Crippen LogP contribution in [0.15, 0.2) is 18.2 Å². The van der Waals surface area contributed by atoms with E-state index in [0.717, 1.165) is 11.4 Å². The summed E-state index contributed by atoms with van der Waals surface area (Å²) < 4.78 is 0. The first kappa shape index (κ1) is 15.6. The van der Waals surface area contributed by atoms with E-state index < -0.39 is 0 Å². The molecule has 1 heterocycles. The minimum absolute atomic E-state index is 0.494. The molecule has 1 nitrogen and oxygen atoms in total. The molecule has 0 spiro atoms. The summed E-state index contributed by atoms with van der Waals surface area (Å²) in [6, 6.07) is 6.89. The second kappa shape index (κ2) is 7.26. The number of nitrogens with one attached hydrogen (secondary N) is 1. The summed E-state index contributed by atoms with van der Waals surface area (Å²) in [7, 11) is 2.07. The van der Waals surface area contributed by atoms with Crippen LogP contribution in [0.1, 0.15) is 18.1 Å². The minimum Gasteiger partial charge on any atom is -0.316 e. The number of benzene rings is 1. The van der Waals surface area contributed by atoms with Crippen LogP contribution < -0.4 is 5.32 Å². The van der Waals surface area contributed by atoms with E-state index in [4.69, 9.17) is 11.6 Å². The lowest BCUT2D eigenvalue weighted by atomic mass is 10.0. The molecule has 0 aliphatic carbocycles. The topological polar surface area (TPSA) is 12.0 Å². The van der Waals surface area contributed by atoms with Gasteiger partial charge in [0, 0.05) is 33.1 Å². The highest BCUT2D eigenvalue weighted by molar-refractivity contribution is 8.07. The normalized spacial score (nSPS) is 25.3. The second-order valence-corrected chi connectivity index (χ2v) is 8.28. The van der Waals surface area contributed by atoms with E-state index in [1.54, 1.807) is 0 Å². The van der Waals surface area contributed by atoms with Gasteiger partial charge in [-0.3, -0.25) is 0 Å². The summed E-state index contributed by atoms with van der Waals surface area (Å²) in [6.07, 6.45) is 1.01. The van der Waals surface area contributed by atoms with Gasteiger partial charge in [0.2, 0.25) is 0 Å². The number of thioether (sulfide) groups is 2. The molecule has 0 aromatic heterocycles. The van der Waals surface area contributed by atoms with Gasteiger partial charge in [0.1, 0.15) is 0 Å². The van der Waals surface area contributed by atoms with Crippen molar-refractivity contribution in [1.82, 2.24) is 5.32 Å². The molecule has 0 bridgehead atoms. The largest absolute Gasteiger partial charge is 0.316 e. The lowest BCUT2D eigenvalue weighted by molar-refractivity contribution is 0.531. The second-order valence-electron chi connectivity index (χ2n) is 5.11. The Labute approximate surface area is 130 Å². The Kier molecular flexibility index (Phi) is 5.94. The SMILES string of the molecule is CNC(Cc1ccc(C)cc1Cl)C1SCCSC1C. The van der Waals surface area contributed by atoms with E-state index in [9.17, 15) is 0 Å². The van der Waals surface area contributed by atoms with Crippen LogP contribution in [0.2, 0.25) is 5.02 Å². The van der Waals surface area contributed by atoms with E-state index >= 15 is 0 Å². The Hall–Kier alpha value is 0.170. The van der Waals surface area contributed by atoms with E-state index in [2.05, 4.69) is 67.9 Å². The van der Waals surface area contributed by atoms with E-state index in [0.29, 0.717) is 16.5 Å².